The van der Waals surface area contributed by atoms with E-state index in [1.807, 2.05) is 12.1 Å². The Balaban J connectivity index is 1.69. The second kappa shape index (κ2) is 3.94. The van der Waals surface area contributed by atoms with E-state index in [0.717, 1.165) is 12.1 Å². The third kappa shape index (κ3) is 1.73. The first-order chi connectivity index (χ1) is 7.85. The molecule has 2 aliphatic rings. The summed E-state index contributed by atoms with van der Waals surface area (Å²) in [6, 6.07) is 4.34. The smallest absolute Gasteiger partial charge is 0.214 e. The Morgan fingerprint density at radius 2 is 2.44 bits per heavy atom. The summed E-state index contributed by atoms with van der Waals surface area (Å²) >= 11 is 0. The number of aromatic nitrogens is 1. The van der Waals surface area contributed by atoms with Crippen LogP contribution in [0, 0.1) is 0 Å². The number of fused-ring (bicyclic) bond motifs is 2. The SMILES string of the molecule is COc1cc(NC2CC3CCC2O3)ccn1. The van der Waals surface area contributed by atoms with E-state index in [4.69, 9.17) is 9.47 Å². The maximum atomic E-state index is 5.80. The molecule has 0 spiro atoms. The van der Waals surface area contributed by atoms with Crippen LogP contribution in [0.2, 0.25) is 0 Å². The minimum atomic E-state index is 0.393. The number of nitrogens with zero attached hydrogens (tertiary/aromatic N) is 1. The Bertz CT molecular complexity index is 383. The zero-order valence-corrected chi connectivity index (χ0v) is 9.35. The van der Waals surface area contributed by atoms with E-state index < -0.39 is 0 Å². The molecule has 2 saturated heterocycles. The summed E-state index contributed by atoms with van der Waals surface area (Å²) in [5, 5.41) is 3.50. The van der Waals surface area contributed by atoms with Gasteiger partial charge in [0, 0.05) is 18.0 Å². The number of ether oxygens (including phenoxy) is 2. The molecule has 3 unspecified atom stereocenters. The van der Waals surface area contributed by atoms with Gasteiger partial charge in [-0.2, -0.15) is 0 Å². The van der Waals surface area contributed by atoms with Crippen molar-refractivity contribution in [3.63, 3.8) is 0 Å². The van der Waals surface area contributed by atoms with E-state index in [9.17, 15) is 0 Å². The third-order valence-corrected chi connectivity index (χ3v) is 3.40. The van der Waals surface area contributed by atoms with E-state index in [2.05, 4.69) is 10.3 Å². The van der Waals surface area contributed by atoms with Crippen molar-refractivity contribution in [2.75, 3.05) is 12.4 Å². The highest BCUT2D eigenvalue weighted by atomic mass is 16.5. The molecule has 1 N–H and O–H groups in total. The van der Waals surface area contributed by atoms with Gasteiger partial charge in [0.2, 0.25) is 5.88 Å². The quantitative estimate of drug-likeness (QED) is 0.843. The van der Waals surface area contributed by atoms with Crippen molar-refractivity contribution in [2.45, 2.75) is 37.5 Å². The molecule has 0 radical (unpaired) electrons. The summed E-state index contributed by atoms with van der Waals surface area (Å²) in [6.45, 7) is 0. The van der Waals surface area contributed by atoms with Crippen molar-refractivity contribution in [1.82, 2.24) is 4.98 Å². The van der Waals surface area contributed by atoms with E-state index in [0.29, 0.717) is 24.1 Å². The minimum absolute atomic E-state index is 0.393. The normalized spacial score (nSPS) is 31.7. The van der Waals surface area contributed by atoms with Gasteiger partial charge in [0.1, 0.15) is 0 Å². The molecule has 3 rings (SSSR count). The van der Waals surface area contributed by atoms with Crippen LogP contribution >= 0.6 is 0 Å². The van der Waals surface area contributed by atoms with E-state index >= 15 is 0 Å². The maximum absolute atomic E-state index is 5.80. The van der Waals surface area contributed by atoms with Gasteiger partial charge in [-0.1, -0.05) is 0 Å². The molecule has 0 amide bonds. The largest absolute Gasteiger partial charge is 0.481 e. The molecule has 1 aromatic rings. The molecule has 1 aromatic heterocycles. The fraction of sp³-hybridized carbons (Fsp3) is 0.583. The highest BCUT2D eigenvalue weighted by Gasteiger charge is 2.40. The Morgan fingerprint density at radius 3 is 3.12 bits per heavy atom. The van der Waals surface area contributed by atoms with Crippen molar-refractivity contribution in [1.29, 1.82) is 0 Å². The number of hydrogen-bond donors (Lipinski definition) is 1. The first-order valence-corrected chi connectivity index (χ1v) is 5.77. The van der Waals surface area contributed by atoms with Gasteiger partial charge in [-0.05, 0) is 25.3 Å². The summed E-state index contributed by atoms with van der Waals surface area (Å²) in [5.41, 5.74) is 1.06. The fourth-order valence-corrected chi connectivity index (χ4v) is 2.61. The van der Waals surface area contributed by atoms with Gasteiger partial charge in [-0.15, -0.1) is 0 Å². The Hall–Kier alpha value is -1.29. The zero-order valence-electron chi connectivity index (χ0n) is 9.35. The second-order valence-corrected chi connectivity index (χ2v) is 4.45. The van der Waals surface area contributed by atoms with Crippen molar-refractivity contribution in [3.05, 3.63) is 18.3 Å². The van der Waals surface area contributed by atoms with E-state index in [-0.39, 0.29) is 0 Å². The molecule has 3 heterocycles. The molecule has 0 saturated carbocycles. The van der Waals surface area contributed by atoms with E-state index in [1.54, 1.807) is 13.3 Å². The molecule has 3 atom stereocenters. The average Bonchev–Trinajstić information content (AvgIpc) is 2.91. The number of hydrogen-bond acceptors (Lipinski definition) is 4. The van der Waals surface area contributed by atoms with Crippen molar-refractivity contribution >= 4 is 5.69 Å². The lowest BCUT2D eigenvalue weighted by atomic mass is 9.95. The first kappa shape index (κ1) is 9.90. The predicted molar refractivity (Wildman–Crippen MR) is 60.7 cm³/mol. The lowest BCUT2D eigenvalue weighted by molar-refractivity contribution is 0.102. The maximum Gasteiger partial charge on any atom is 0.214 e. The Morgan fingerprint density at radius 1 is 1.50 bits per heavy atom. The monoisotopic (exact) mass is 220 g/mol. The molecule has 0 aromatic carbocycles. The highest BCUT2D eigenvalue weighted by Crippen LogP contribution is 2.36. The topological polar surface area (TPSA) is 43.4 Å². The number of methoxy groups -OCH3 is 1. The molecular weight excluding hydrogens is 204 g/mol. The molecular formula is C12H16N2O2. The van der Waals surface area contributed by atoms with Gasteiger partial charge in [-0.25, -0.2) is 4.98 Å². The Kier molecular flexibility index (Phi) is 2.44. The number of pyridine rings is 1. The first-order valence-electron chi connectivity index (χ1n) is 5.77. The predicted octanol–water partition coefficient (Wildman–Crippen LogP) is 1.82. The zero-order chi connectivity index (χ0) is 11.0. The molecule has 4 heteroatoms. The molecule has 86 valence electrons. The third-order valence-electron chi connectivity index (χ3n) is 3.40. The highest BCUT2D eigenvalue weighted by molar-refractivity contribution is 5.46. The van der Waals surface area contributed by atoms with Crippen LogP contribution in [0.4, 0.5) is 5.69 Å². The van der Waals surface area contributed by atoms with Gasteiger partial charge in [0.25, 0.3) is 0 Å². The molecule has 4 nitrogen and oxygen atoms in total. The minimum Gasteiger partial charge on any atom is -0.481 e. The molecule has 0 aliphatic carbocycles. The fourth-order valence-electron chi connectivity index (χ4n) is 2.61. The molecule has 2 aliphatic heterocycles. The lowest BCUT2D eigenvalue weighted by Gasteiger charge is -2.21. The van der Waals surface area contributed by atoms with Crippen LogP contribution in [0.5, 0.6) is 5.88 Å². The van der Waals surface area contributed by atoms with E-state index in [1.165, 1.54) is 12.8 Å². The van der Waals surface area contributed by atoms with Gasteiger partial charge in [-0.3, -0.25) is 0 Å². The van der Waals surface area contributed by atoms with Crippen molar-refractivity contribution < 1.29 is 9.47 Å². The summed E-state index contributed by atoms with van der Waals surface area (Å²) in [7, 11) is 1.63. The van der Waals surface area contributed by atoms with Crippen LogP contribution in [-0.4, -0.2) is 30.3 Å². The Labute approximate surface area is 95.0 Å². The van der Waals surface area contributed by atoms with Gasteiger partial charge < -0.3 is 14.8 Å². The van der Waals surface area contributed by atoms with Gasteiger partial charge >= 0.3 is 0 Å². The number of rotatable bonds is 3. The summed E-state index contributed by atoms with van der Waals surface area (Å²) in [6.07, 6.45) is 6.16. The van der Waals surface area contributed by atoms with Crippen LogP contribution in [0.1, 0.15) is 19.3 Å². The second-order valence-electron chi connectivity index (χ2n) is 4.45. The average molecular weight is 220 g/mol. The molecule has 2 fully saturated rings. The summed E-state index contributed by atoms with van der Waals surface area (Å²) < 4.78 is 10.9. The number of nitrogens with one attached hydrogen (secondary N) is 1. The van der Waals surface area contributed by atoms with Gasteiger partial charge in [0.05, 0.1) is 25.4 Å². The summed E-state index contributed by atoms with van der Waals surface area (Å²) in [5.74, 6) is 0.647. The van der Waals surface area contributed by atoms with Crippen LogP contribution in [0.15, 0.2) is 18.3 Å². The van der Waals surface area contributed by atoms with Crippen LogP contribution < -0.4 is 10.1 Å². The van der Waals surface area contributed by atoms with Crippen molar-refractivity contribution in [2.24, 2.45) is 0 Å². The standard InChI is InChI=1S/C12H16N2O2/c1-15-12-6-8(4-5-13-12)14-10-7-9-2-3-11(10)16-9/h4-6,9-11H,2-3,7H2,1H3,(H,13,14). The van der Waals surface area contributed by atoms with Crippen LogP contribution in [0.25, 0.3) is 0 Å². The number of anilines is 1. The molecule has 2 bridgehead atoms. The molecule has 16 heavy (non-hydrogen) atoms. The van der Waals surface area contributed by atoms with Crippen molar-refractivity contribution in [3.8, 4) is 5.88 Å². The summed E-state index contributed by atoms with van der Waals surface area (Å²) in [4.78, 5) is 4.09. The van der Waals surface area contributed by atoms with Crippen LogP contribution in [-0.2, 0) is 4.74 Å². The van der Waals surface area contributed by atoms with Gasteiger partial charge in [0.15, 0.2) is 0 Å². The van der Waals surface area contributed by atoms with Crippen LogP contribution in [0.3, 0.4) is 0 Å². The lowest BCUT2D eigenvalue weighted by Crippen LogP contribution is -2.30.